The molecule has 0 radical (unpaired) electrons. The van der Waals surface area contributed by atoms with Gasteiger partial charge in [0.15, 0.2) is 11.3 Å². The van der Waals surface area contributed by atoms with Crippen LogP contribution in [0.15, 0.2) is 113 Å². The molecule has 0 saturated carbocycles. The summed E-state index contributed by atoms with van der Waals surface area (Å²) in [6, 6.07) is 21.7. The quantitative estimate of drug-likeness (QED) is 0.100. The zero-order valence-corrected chi connectivity index (χ0v) is 30.1. The summed E-state index contributed by atoms with van der Waals surface area (Å²) < 4.78 is 78.8. The van der Waals surface area contributed by atoms with Crippen LogP contribution in [-0.2, 0) is 32.0 Å². The molecule has 3 N–H and O–H groups in total. The Hall–Kier alpha value is -6.98. The van der Waals surface area contributed by atoms with Crippen LogP contribution in [0.1, 0.15) is 39.2 Å². The molecule has 7 rings (SSSR count). The number of alkyl halides is 6. The van der Waals surface area contributed by atoms with E-state index in [1.165, 1.54) is 30.9 Å². The van der Waals surface area contributed by atoms with E-state index in [0.29, 0.717) is 49.4 Å². The van der Waals surface area contributed by atoms with Gasteiger partial charge < -0.3 is 20.7 Å². The Kier molecular flexibility index (Phi) is 11.4. The number of halogens is 6. The van der Waals surface area contributed by atoms with Crippen LogP contribution in [0.5, 0.6) is 0 Å². The van der Waals surface area contributed by atoms with Crippen molar-refractivity contribution in [3.05, 3.63) is 164 Å². The van der Waals surface area contributed by atoms with Gasteiger partial charge in [-0.2, -0.15) is 26.3 Å². The van der Waals surface area contributed by atoms with E-state index < -0.39 is 34.6 Å². The van der Waals surface area contributed by atoms with Gasteiger partial charge in [-0.1, -0.05) is 54.6 Å². The van der Waals surface area contributed by atoms with Gasteiger partial charge in [-0.25, -0.2) is 19.9 Å². The molecule has 0 aliphatic rings. The zero-order chi connectivity index (χ0) is 40.9. The van der Waals surface area contributed by atoms with Crippen LogP contribution in [0, 0.1) is 13.8 Å². The lowest BCUT2D eigenvalue weighted by Gasteiger charge is -2.16. The molecule has 0 fully saturated rings. The molecule has 18 heteroatoms. The number of hydrogen-bond donors (Lipinski definition) is 3. The number of aryl methyl sites for hydroxylation is 2. The molecular weight excluding hydrogens is 758 g/mol. The topological polar surface area (TPSA) is 149 Å². The van der Waals surface area contributed by atoms with Gasteiger partial charge in [0.05, 0.1) is 44.7 Å². The number of nitrogens with one attached hydrogen (secondary N) is 2. The largest absolute Gasteiger partial charge is 0.423 e. The van der Waals surface area contributed by atoms with Crippen LogP contribution in [0.2, 0.25) is 0 Å². The molecule has 0 atom stereocenters. The lowest BCUT2D eigenvalue weighted by Crippen LogP contribution is -2.28. The average molecular weight is 791 g/mol. The summed E-state index contributed by atoms with van der Waals surface area (Å²) in [7, 11) is 0. The van der Waals surface area contributed by atoms with Crippen molar-refractivity contribution >= 4 is 33.4 Å². The summed E-state index contributed by atoms with van der Waals surface area (Å²) in [6.07, 6.45) is -6.31. The standard InChI is InChI=1S/C23H19F3N4O2.C16H13F3N4O2/c1-15-21-19(27-12-17-8-5-9-18(10-17)23(24,25)26)11-20(31)30(22(21)29-14-28-15)32-13-16-6-3-2-4-7-16;1-9-14-12(6-13(24)23(25)15(14)22-8-21-9)20-7-10-3-2-4-11(5-10)16(17,18)19/h2-11,14,27H,12-13H2,1H3;2-6,8,20,25H,7H2,1H3. The van der Waals surface area contributed by atoms with Gasteiger partial charge in [0.2, 0.25) is 0 Å². The number of benzene rings is 3. The van der Waals surface area contributed by atoms with E-state index in [4.69, 9.17) is 4.84 Å². The maximum Gasteiger partial charge on any atom is 0.416 e. The second-order valence-electron chi connectivity index (χ2n) is 12.6. The Bertz CT molecular complexity index is 2670. The Morgan fingerprint density at radius 1 is 0.614 bits per heavy atom. The van der Waals surface area contributed by atoms with Gasteiger partial charge in [-0.15, -0.1) is 9.46 Å². The molecule has 0 aliphatic heterocycles. The van der Waals surface area contributed by atoms with E-state index in [-0.39, 0.29) is 31.0 Å². The van der Waals surface area contributed by atoms with Crippen molar-refractivity contribution in [2.75, 3.05) is 10.6 Å². The molecule has 12 nitrogen and oxygen atoms in total. The molecule has 0 saturated heterocycles. The van der Waals surface area contributed by atoms with Crippen molar-refractivity contribution in [1.29, 1.82) is 0 Å². The van der Waals surface area contributed by atoms with Crippen LogP contribution < -0.4 is 26.6 Å². The highest BCUT2D eigenvalue weighted by molar-refractivity contribution is 5.91. The van der Waals surface area contributed by atoms with Crippen LogP contribution >= 0.6 is 0 Å². The first kappa shape index (κ1) is 39.7. The highest BCUT2D eigenvalue weighted by atomic mass is 19.4. The first-order valence-corrected chi connectivity index (χ1v) is 17.0. The number of rotatable bonds is 9. The minimum Gasteiger partial charge on any atom is -0.423 e. The number of pyridine rings is 2. The Morgan fingerprint density at radius 2 is 1.09 bits per heavy atom. The lowest BCUT2D eigenvalue weighted by atomic mass is 10.1. The number of fused-ring (bicyclic) bond motifs is 2. The third kappa shape index (κ3) is 9.29. The molecule has 0 aliphatic carbocycles. The maximum atomic E-state index is 13.0. The second kappa shape index (κ2) is 16.4. The summed E-state index contributed by atoms with van der Waals surface area (Å²) in [4.78, 5) is 46.6. The third-order valence-corrected chi connectivity index (χ3v) is 8.59. The number of aromatic nitrogens is 6. The van der Waals surface area contributed by atoms with Crippen molar-refractivity contribution in [2.24, 2.45) is 0 Å². The van der Waals surface area contributed by atoms with Crippen molar-refractivity contribution in [3.63, 3.8) is 0 Å². The molecule has 294 valence electrons. The summed E-state index contributed by atoms with van der Waals surface area (Å²) in [5, 5.41) is 16.7. The van der Waals surface area contributed by atoms with Gasteiger partial charge in [-0.05, 0) is 54.8 Å². The molecule has 0 bridgehead atoms. The highest BCUT2D eigenvalue weighted by Crippen LogP contribution is 2.31. The van der Waals surface area contributed by atoms with E-state index in [2.05, 4.69) is 30.6 Å². The second-order valence-corrected chi connectivity index (χ2v) is 12.6. The van der Waals surface area contributed by atoms with Crippen LogP contribution in [0.3, 0.4) is 0 Å². The molecule has 7 aromatic rings. The van der Waals surface area contributed by atoms with Crippen molar-refractivity contribution in [3.8, 4) is 0 Å². The smallest absolute Gasteiger partial charge is 0.416 e. The summed E-state index contributed by atoms with van der Waals surface area (Å²) in [6.45, 7) is 3.73. The van der Waals surface area contributed by atoms with Gasteiger partial charge in [0.1, 0.15) is 19.3 Å². The van der Waals surface area contributed by atoms with E-state index in [1.807, 2.05) is 30.3 Å². The lowest BCUT2D eigenvalue weighted by molar-refractivity contribution is -0.138. The van der Waals surface area contributed by atoms with Crippen LogP contribution in [0.25, 0.3) is 22.1 Å². The Labute approximate surface area is 319 Å². The number of anilines is 2. The Balaban J connectivity index is 0.000000199. The zero-order valence-electron chi connectivity index (χ0n) is 30.1. The summed E-state index contributed by atoms with van der Waals surface area (Å²) >= 11 is 0. The third-order valence-electron chi connectivity index (χ3n) is 8.59. The SMILES string of the molecule is Cc1ncnc2c1c(NCc1cccc(C(F)(F)F)c1)cc(=O)n2O.Cc1ncnc2c1c(NCc1cccc(C(F)(F)F)c1)cc(=O)n2OCc1ccccc1. The van der Waals surface area contributed by atoms with Crippen molar-refractivity contribution in [2.45, 2.75) is 45.9 Å². The normalized spacial score (nSPS) is 11.6. The first-order valence-electron chi connectivity index (χ1n) is 17.0. The molecule has 0 spiro atoms. The molecule has 3 aromatic carbocycles. The van der Waals surface area contributed by atoms with Gasteiger partial charge in [-0.3, -0.25) is 9.59 Å². The molecule has 4 aromatic heterocycles. The number of hydrogen-bond acceptors (Lipinski definition) is 10. The molecular formula is C39H32F6N8O4. The monoisotopic (exact) mass is 790 g/mol. The average Bonchev–Trinajstić information content (AvgIpc) is 3.18. The molecule has 4 heterocycles. The summed E-state index contributed by atoms with van der Waals surface area (Å²) in [5.41, 5.74) is 1.20. The highest BCUT2D eigenvalue weighted by Gasteiger charge is 2.31. The fourth-order valence-corrected chi connectivity index (χ4v) is 5.81. The van der Waals surface area contributed by atoms with Crippen molar-refractivity contribution < 1.29 is 36.4 Å². The van der Waals surface area contributed by atoms with Crippen molar-refractivity contribution in [1.82, 2.24) is 29.4 Å². The van der Waals surface area contributed by atoms with Gasteiger partial charge in [0, 0.05) is 25.2 Å². The maximum absolute atomic E-state index is 13.0. The molecule has 57 heavy (non-hydrogen) atoms. The number of nitrogens with zero attached hydrogens (tertiary/aromatic N) is 6. The van der Waals surface area contributed by atoms with E-state index >= 15 is 0 Å². The molecule has 0 amide bonds. The van der Waals surface area contributed by atoms with E-state index in [1.54, 1.807) is 26.0 Å². The Morgan fingerprint density at radius 3 is 1.61 bits per heavy atom. The van der Waals surface area contributed by atoms with Gasteiger partial charge in [0.25, 0.3) is 11.1 Å². The minimum atomic E-state index is -4.43. The first-order chi connectivity index (χ1) is 27.1. The summed E-state index contributed by atoms with van der Waals surface area (Å²) in [5.74, 6) is 0. The van der Waals surface area contributed by atoms with Crippen LogP contribution in [0.4, 0.5) is 37.7 Å². The predicted molar refractivity (Wildman–Crippen MR) is 199 cm³/mol. The fourth-order valence-electron chi connectivity index (χ4n) is 5.81. The van der Waals surface area contributed by atoms with Gasteiger partial charge >= 0.3 is 12.4 Å². The predicted octanol–water partition coefficient (Wildman–Crippen LogP) is 7.33. The van der Waals surface area contributed by atoms with E-state index in [0.717, 1.165) is 40.6 Å². The van der Waals surface area contributed by atoms with Crippen LogP contribution in [-0.4, -0.2) is 34.6 Å². The fraction of sp³-hybridized carbons (Fsp3) is 0.179. The molecule has 0 unspecified atom stereocenters. The van der Waals surface area contributed by atoms with E-state index in [9.17, 15) is 41.1 Å². The minimum absolute atomic E-state index is 0.0199.